The van der Waals surface area contributed by atoms with E-state index in [-0.39, 0.29) is 17.6 Å². The normalized spacial score (nSPS) is 14.6. The third-order valence-corrected chi connectivity index (χ3v) is 4.77. The van der Waals surface area contributed by atoms with E-state index < -0.39 is 0 Å². The van der Waals surface area contributed by atoms with Crippen LogP contribution in [0.25, 0.3) is 0 Å². The lowest BCUT2D eigenvalue weighted by Gasteiger charge is -2.23. The Morgan fingerprint density at radius 2 is 1.44 bits per heavy atom. The maximum absolute atomic E-state index is 13.1. The van der Waals surface area contributed by atoms with Crippen LogP contribution in [0.3, 0.4) is 0 Å². The fourth-order valence-corrected chi connectivity index (χ4v) is 3.20. The molecule has 2 amide bonds. The molecule has 1 aliphatic heterocycles. The number of halogens is 1. The van der Waals surface area contributed by atoms with Crippen LogP contribution in [-0.2, 0) is 0 Å². The molecule has 0 aromatic heterocycles. The van der Waals surface area contributed by atoms with Gasteiger partial charge in [-0.05, 0) is 48.9 Å². The van der Waals surface area contributed by atoms with Crippen molar-refractivity contribution in [2.75, 3.05) is 45.2 Å². The largest absolute Gasteiger partial charge is 0.378 e. The van der Waals surface area contributed by atoms with Gasteiger partial charge >= 0.3 is 0 Å². The number of carbonyl (C=O) groups is 2. The third-order valence-electron chi connectivity index (χ3n) is 4.77. The quantitative estimate of drug-likeness (QED) is 0.836. The van der Waals surface area contributed by atoms with E-state index >= 15 is 0 Å². The van der Waals surface area contributed by atoms with Crippen LogP contribution in [0, 0.1) is 5.82 Å². The van der Waals surface area contributed by atoms with Gasteiger partial charge in [-0.25, -0.2) is 4.39 Å². The number of anilines is 1. The van der Waals surface area contributed by atoms with Gasteiger partial charge in [-0.2, -0.15) is 0 Å². The molecule has 0 N–H and O–H groups in total. The van der Waals surface area contributed by atoms with Gasteiger partial charge in [-0.15, -0.1) is 0 Å². The molecule has 1 heterocycles. The highest BCUT2D eigenvalue weighted by Crippen LogP contribution is 2.17. The van der Waals surface area contributed by atoms with Crippen molar-refractivity contribution in [2.45, 2.75) is 6.42 Å². The monoisotopic (exact) mass is 369 g/mol. The molecular weight excluding hydrogens is 345 g/mol. The number of hydrogen-bond donors (Lipinski definition) is 0. The SMILES string of the molecule is CN(C)c1cccc(C(=O)N2CCCN(C(=O)c3ccc(F)cc3)CC2)c1. The topological polar surface area (TPSA) is 43.9 Å². The molecule has 2 aromatic rings. The minimum absolute atomic E-state index is 0.0187. The summed E-state index contributed by atoms with van der Waals surface area (Å²) in [4.78, 5) is 31.0. The van der Waals surface area contributed by atoms with Gasteiger partial charge in [0.25, 0.3) is 11.8 Å². The van der Waals surface area contributed by atoms with Gasteiger partial charge in [-0.1, -0.05) is 6.07 Å². The van der Waals surface area contributed by atoms with Gasteiger partial charge in [0, 0.05) is 57.1 Å². The molecular formula is C21H24FN3O2. The third kappa shape index (κ3) is 4.45. The zero-order valence-electron chi connectivity index (χ0n) is 15.7. The highest BCUT2D eigenvalue weighted by Gasteiger charge is 2.23. The molecule has 6 heteroatoms. The Kier molecular flexibility index (Phi) is 5.74. The first-order valence-electron chi connectivity index (χ1n) is 9.07. The second kappa shape index (κ2) is 8.20. The second-order valence-electron chi connectivity index (χ2n) is 6.89. The summed E-state index contributed by atoms with van der Waals surface area (Å²) in [5, 5.41) is 0. The first-order valence-corrected chi connectivity index (χ1v) is 9.07. The van der Waals surface area contributed by atoms with Crippen molar-refractivity contribution < 1.29 is 14.0 Å². The Labute approximate surface area is 159 Å². The van der Waals surface area contributed by atoms with E-state index in [9.17, 15) is 14.0 Å². The number of carbonyl (C=O) groups excluding carboxylic acids is 2. The fourth-order valence-electron chi connectivity index (χ4n) is 3.20. The number of nitrogens with zero attached hydrogens (tertiary/aromatic N) is 3. The van der Waals surface area contributed by atoms with E-state index in [1.807, 2.05) is 43.3 Å². The van der Waals surface area contributed by atoms with Crippen molar-refractivity contribution in [2.24, 2.45) is 0 Å². The Hall–Kier alpha value is -2.89. The van der Waals surface area contributed by atoms with Crippen LogP contribution < -0.4 is 4.90 Å². The summed E-state index contributed by atoms with van der Waals surface area (Å²) in [6.07, 6.45) is 0.714. The molecule has 142 valence electrons. The highest BCUT2D eigenvalue weighted by atomic mass is 19.1. The Bertz CT molecular complexity index is 820. The average molecular weight is 369 g/mol. The molecule has 0 atom stereocenters. The molecule has 0 saturated carbocycles. The van der Waals surface area contributed by atoms with Gasteiger partial charge in [-0.3, -0.25) is 9.59 Å². The first-order chi connectivity index (χ1) is 13.0. The highest BCUT2D eigenvalue weighted by molar-refractivity contribution is 5.96. The molecule has 0 unspecified atom stereocenters. The molecule has 1 fully saturated rings. The number of hydrogen-bond acceptors (Lipinski definition) is 3. The van der Waals surface area contributed by atoms with Crippen molar-refractivity contribution in [3.05, 3.63) is 65.5 Å². The van der Waals surface area contributed by atoms with Gasteiger partial charge in [0.15, 0.2) is 0 Å². The van der Waals surface area contributed by atoms with Crippen molar-refractivity contribution in [3.63, 3.8) is 0 Å². The Morgan fingerprint density at radius 1 is 0.852 bits per heavy atom. The molecule has 0 bridgehead atoms. The van der Waals surface area contributed by atoms with Crippen LogP contribution in [0.15, 0.2) is 48.5 Å². The van der Waals surface area contributed by atoms with Gasteiger partial charge in [0.05, 0.1) is 0 Å². The van der Waals surface area contributed by atoms with Crippen molar-refractivity contribution in [3.8, 4) is 0 Å². The van der Waals surface area contributed by atoms with Crippen LogP contribution in [0.2, 0.25) is 0 Å². The minimum Gasteiger partial charge on any atom is -0.378 e. The van der Waals surface area contributed by atoms with E-state index in [1.54, 1.807) is 9.80 Å². The van der Waals surface area contributed by atoms with Crippen molar-refractivity contribution in [1.29, 1.82) is 0 Å². The lowest BCUT2D eigenvalue weighted by Crippen LogP contribution is -2.37. The van der Waals surface area contributed by atoms with Gasteiger partial charge in [0.1, 0.15) is 5.82 Å². The summed E-state index contributed by atoms with van der Waals surface area (Å²) < 4.78 is 13.1. The molecule has 1 saturated heterocycles. The molecule has 0 spiro atoms. The van der Waals surface area contributed by atoms with Crippen molar-refractivity contribution >= 4 is 17.5 Å². The van der Waals surface area contributed by atoms with Crippen LogP contribution in [0.1, 0.15) is 27.1 Å². The summed E-state index contributed by atoms with van der Waals surface area (Å²) in [7, 11) is 3.88. The van der Waals surface area contributed by atoms with Crippen LogP contribution in [-0.4, -0.2) is 61.9 Å². The summed E-state index contributed by atoms with van der Waals surface area (Å²) in [5.74, 6) is -0.507. The Balaban J connectivity index is 1.67. The van der Waals surface area contributed by atoms with Crippen molar-refractivity contribution in [1.82, 2.24) is 9.80 Å². The molecule has 2 aromatic carbocycles. The molecule has 1 aliphatic rings. The maximum Gasteiger partial charge on any atom is 0.253 e. The van der Waals surface area contributed by atoms with Crippen LogP contribution >= 0.6 is 0 Å². The van der Waals surface area contributed by atoms with E-state index in [1.165, 1.54) is 24.3 Å². The zero-order valence-corrected chi connectivity index (χ0v) is 15.7. The lowest BCUT2D eigenvalue weighted by molar-refractivity contribution is 0.0718. The van der Waals surface area contributed by atoms with E-state index in [0.29, 0.717) is 43.7 Å². The van der Waals surface area contributed by atoms with E-state index in [4.69, 9.17) is 0 Å². The average Bonchev–Trinajstić information content (AvgIpc) is 2.94. The molecule has 5 nitrogen and oxygen atoms in total. The van der Waals surface area contributed by atoms with Crippen LogP contribution in [0.4, 0.5) is 10.1 Å². The zero-order chi connectivity index (χ0) is 19.4. The van der Waals surface area contributed by atoms with Crippen LogP contribution in [0.5, 0.6) is 0 Å². The van der Waals surface area contributed by atoms with E-state index in [2.05, 4.69) is 0 Å². The first kappa shape index (κ1) is 18.9. The standard InChI is InChI=1S/C21H24FN3O2/c1-23(2)19-6-3-5-17(15-19)21(27)25-12-4-11-24(13-14-25)20(26)16-7-9-18(22)10-8-16/h3,5-10,15H,4,11-14H2,1-2H3. The Morgan fingerprint density at radius 3 is 2.04 bits per heavy atom. The number of benzene rings is 2. The smallest absolute Gasteiger partial charge is 0.253 e. The maximum atomic E-state index is 13.1. The molecule has 0 aliphatic carbocycles. The van der Waals surface area contributed by atoms with Gasteiger partial charge in [0.2, 0.25) is 0 Å². The molecule has 0 radical (unpaired) electrons. The number of rotatable bonds is 3. The fraction of sp³-hybridized carbons (Fsp3) is 0.333. The van der Waals surface area contributed by atoms with Gasteiger partial charge < -0.3 is 14.7 Å². The minimum atomic E-state index is -0.362. The lowest BCUT2D eigenvalue weighted by atomic mass is 10.1. The predicted molar refractivity (Wildman–Crippen MR) is 104 cm³/mol. The van der Waals surface area contributed by atoms with E-state index in [0.717, 1.165) is 5.69 Å². The summed E-state index contributed by atoms with van der Waals surface area (Å²) in [5.41, 5.74) is 2.10. The predicted octanol–water partition coefficient (Wildman–Crippen LogP) is 2.88. The summed E-state index contributed by atoms with van der Waals surface area (Å²) >= 11 is 0. The summed E-state index contributed by atoms with van der Waals surface area (Å²) in [6, 6.07) is 13.1. The molecule has 27 heavy (non-hydrogen) atoms. The number of amides is 2. The molecule has 3 rings (SSSR count). The second-order valence-corrected chi connectivity index (χ2v) is 6.89. The summed E-state index contributed by atoms with van der Waals surface area (Å²) in [6.45, 7) is 2.14.